The second-order valence-corrected chi connectivity index (χ2v) is 4.76. The van der Waals surface area contributed by atoms with Crippen LogP contribution in [0, 0.1) is 0 Å². The van der Waals surface area contributed by atoms with E-state index < -0.39 is 5.97 Å². The molecule has 1 aromatic rings. The highest BCUT2D eigenvalue weighted by Gasteiger charge is 2.15. The summed E-state index contributed by atoms with van der Waals surface area (Å²) < 4.78 is 0. The van der Waals surface area contributed by atoms with Crippen molar-refractivity contribution in [3.63, 3.8) is 0 Å². The summed E-state index contributed by atoms with van der Waals surface area (Å²) in [5.41, 5.74) is 1.68. The fourth-order valence-corrected chi connectivity index (χ4v) is 2.08. The molecule has 1 heterocycles. The normalized spacial score (nSPS) is 14.9. The number of hydrogen-bond donors (Lipinski definition) is 3. The van der Waals surface area contributed by atoms with Crippen molar-refractivity contribution in [2.45, 2.75) is 12.8 Å². The number of carbonyl (C=O) groups excluding carboxylic acids is 1. The molecular formula is C14H19N3O3. The van der Waals surface area contributed by atoms with Crippen molar-refractivity contribution in [2.75, 3.05) is 31.5 Å². The number of aliphatic carboxylic acids is 1. The number of anilines is 1. The number of aryl methyl sites for hydroxylation is 1. The largest absolute Gasteiger partial charge is 0.481 e. The minimum atomic E-state index is -0.805. The number of benzene rings is 1. The number of piperazine rings is 1. The second-order valence-electron chi connectivity index (χ2n) is 4.76. The van der Waals surface area contributed by atoms with E-state index in [0.29, 0.717) is 19.5 Å². The molecule has 3 N–H and O–H groups in total. The number of amides is 2. The molecule has 2 amide bonds. The number of rotatable bonds is 4. The Morgan fingerprint density at radius 2 is 1.85 bits per heavy atom. The Morgan fingerprint density at radius 3 is 2.45 bits per heavy atom. The zero-order chi connectivity index (χ0) is 14.4. The average Bonchev–Trinajstić information content (AvgIpc) is 2.47. The first kappa shape index (κ1) is 14.3. The number of carboxylic acid groups (broad SMARTS) is 1. The highest BCUT2D eigenvalue weighted by atomic mass is 16.4. The van der Waals surface area contributed by atoms with Crippen LogP contribution in [0.15, 0.2) is 24.3 Å². The molecule has 0 atom stereocenters. The van der Waals surface area contributed by atoms with Crippen molar-refractivity contribution in [2.24, 2.45) is 0 Å². The molecule has 1 aliphatic rings. The number of nitrogens with zero attached hydrogens (tertiary/aromatic N) is 1. The minimum Gasteiger partial charge on any atom is -0.481 e. The summed E-state index contributed by atoms with van der Waals surface area (Å²) in [6.07, 6.45) is 0.619. The van der Waals surface area contributed by atoms with Crippen LogP contribution in [0.25, 0.3) is 0 Å². The lowest BCUT2D eigenvalue weighted by molar-refractivity contribution is -0.136. The van der Waals surface area contributed by atoms with Crippen LogP contribution in [-0.2, 0) is 11.2 Å². The lowest BCUT2D eigenvalue weighted by Gasteiger charge is -2.27. The molecule has 0 radical (unpaired) electrons. The Hall–Kier alpha value is -2.08. The Labute approximate surface area is 117 Å². The maximum absolute atomic E-state index is 12.0. The number of hydrogen-bond acceptors (Lipinski definition) is 3. The van der Waals surface area contributed by atoms with Crippen LogP contribution >= 0.6 is 0 Å². The van der Waals surface area contributed by atoms with Crippen molar-refractivity contribution < 1.29 is 14.7 Å². The molecule has 0 aromatic heterocycles. The Balaban J connectivity index is 1.86. The standard InChI is InChI=1S/C14H19N3O3/c18-13(19)6-3-11-1-4-12(5-2-11)16-14(20)17-9-7-15-8-10-17/h1-2,4-5,15H,3,6-10H2,(H,16,20)(H,18,19). The fraction of sp³-hybridized carbons (Fsp3) is 0.429. The Morgan fingerprint density at radius 1 is 1.20 bits per heavy atom. The third-order valence-corrected chi connectivity index (χ3v) is 3.24. The Bertz CT molecular complexity index is 467. The van der Waals surface area contributed by atoms with Crippen LogP contribution < -0.4 is 10.6 Å². The summed E-state index contributed by atoms with van der Waals surface area (Å²) in [6.45, 7) is 3.06. The van der Waals surface area contributed by atoms with Gasteiger partial charge in [0.2, 0.25) is 0 Å². The average molecular weight is 277 g/mol. The predicted octanol–water partition coefficient (Wildman–Crippen LogP) is 1.14. The highest BCUT2D eigenvalue weighted by molar-refractivity contribution is 5.89. The van der Waals surface area contributed by atoms with E-state index in [4.69, 9.17) is 5.11 Å². The smallest absolute Gasteiger partial charge is 0.321 e. The third kappa shape index (κ3) is 4.24. The third-order valence-electron chi connectivity index (χ3n) is 3.24. The topological polar surface area (TPSA) is 81.7 Å². The molecule has 20 heavy (non-hydrogen) atoms. The fourth-order valence-electron chi connectivity index (χ4n) is 2.08. The lowest BCUT2D eigenvalue weighted by Crippen LogP contribution is -2.48. The quantitative estimate of drug-likeness (QED) is 0.771. The summed E-state index contributed by atoms with van der Waals surface area (Å²) in [5, 5.41) is 14.7. The van der Waals surface area contributed by atoms with Crippen LogP contribution in [0.1, 0.15) is 12.0 Å². The summed E-state index contributed by atoms with van der Waals surface area (Å²) in [7, 11) is 0. The van der Waals surface area contributed by atoms with Crippen LogP contribution in [0.5, 0.6) is 0 Å². The van der Waals surface area contributed by atoms with Gasteiger partial charge in [0.15, 0.2) is 0 Å². The molecule has 1 saturated heterocycles. The molecule has 1 aliphatic heterocycles. The van der Waals surface area contributed by atoms with E-state index >= 15 is 0 Å². The van der Waals surface area contributed by atoms with Crippen LogP contribution in [0.4, 0.5) is 10.5 Å². The molecule has 0 aliphatic carbocycles. The van der Waals surface area contributed by atoms with Crippen molar-refractivity contribution in [1.29, 1.82) is 0 Å². The first-order valence-corrected chi connectivity index (χ1v) is 6.72. The molecule has 0 spiro atoms. The predicted molar refractivity (Wildman–Crippen MR) is 75.9 cm³/mol. The number of nitrogens with one attached hydrogen (secondary N) is 2. The van der Waals surface area contributed by atoms with E-state index in [0.717, 1.165) is 24.3 Å². The number of urea groups is 1. The summed E-state index contributed by atoms with van der Waals surface area (Å²) in [4.78, 5) is 24.2. The highest BCUT2D eigenvalue weighted by Crippen LogP contribution is 2.12. The Kier molecular flexibility index (Phi) is 4.95. The first-order chi connectivity index (χ1) is 9.65. The van der Waals surface area contributed by atoms with Gasteiger partial charge in [-0.25, -0.2) is 4.79 Å². The van der Waals surface area contributed by atoms with Gasteiger partial charge in [-0.15, -0.1) is 0 Å². The SMILES string of the molecule is O=C(O)CCc1ccc(NC(=O)N2CCNCC2)cc1. The van der Waals surface area contributed by atoms with Gasteiger partial charge in [0, 0.05) is 38.3 Å². The molecule has 0 saturated carbocycles. The number of carboxylic acids is 1. The van der Waals surface area contributed by atoms with Gasteiger partial charge in [0.05, 0.1) is 0 Å². The van der Waals surface area contributed by atoms with Gasteiger partial charge in [-0.05, 0) is 24.1 Å². The van der Waals surface area contributed by atoms with E-state index in [1.807, 2.05) is 12.1 Å². The van der Waals surface area contributed by atoms with Gasteiger partial charge in [-0.1, -0.05) is 12.1 Å². The van der Waals surface area contributed by atoms with E-state index in [-0.39, 0.29) is 12.5 Å². The molecule has 6 heteroatoms. The van der Waals surface area contributed by atoms with E-state index in [1.54, 1.807) is 17.0 Å². The number of carbonyl (C=O) groups is 2. The summed E-state index contributed by atoms with van der Waals surface area (Å²) >= 11 is 0. The molecule has 0 unspecified atom stereocenters. The molecule has 1 fully saturated rings. The van der Waals surface area contributed by atoms with Crippen LogP contribution in [0.2, 0.25) is 0 Å². The molecule has 1 aromatic carbocycles. The van der Waals surface area contributed by atoms with Gasteiger partial charge in [0.1, 0.15) is 0 Å². The van der Waals surface area contributed by atoms with Gasteiger partial charge >= 0.3 is 12.0 Å². The molecule has 6 nitrogen and oxygen atoms in total. The summed E-state index contributed by atoms with van der Waals surface area (Å²) in [5.74, 6) is -0.805. The van der Waals surface area contributed by atoms with Crippen molar-refractivity contribution in [3.05, 3.63) is 29.8 Å². The van der Waals surface area contributed by atoms with Gasteiger partial charge < -0.3 is 20.6 Å². The molecule has 108 valence electrons. The monoisotopic (exact) mass is 277 g/mol. The van der Waals surface area contributed by atoms with Crippen molar-refractivity contribution in [1.82, 2.24) is 10.2 Å². The van der Waals surface area contributed by atoms with Crippen LogP contribution in [-0.4, -0.2) is 48.2 Å². The maximum atomic E-state index is 12.0. The van der Waals surface area contributed by atoms with Crippen LogP contribution in [0.3, 0.4) is 0 Å². The molecular weight excluding hydrogens is 258 g/mol. The van der Waals surface area contributed by atoms with Gasteiger partial charge in [-0.3, -0.25) is 4.79 Å². The molecule has 0 bridgehead atoms. The zero-order valence-electron chi connectivity index (χ0n) is 11.3. The lowest BCUT2D eigenvalue weighted by atomic mass is 10.1. The minimum absolute atomic E-state index is 0.0928. The second kappa shape index (κ2) is 6.91. The van der Waals surface area contributed by atoms with Gasteiger partial charge in [-0.2, -0.15) is 0 Å². The molecule has 2 rings (SSSR count). The maximum Gasteiger partial charge on any atom is 0.321 e. The van der Waals surface area contributed by atoms with E-state index in [2.05, 4.69) is 10.6 Å². The zero-order valence-corrected chi connectivity index (χ0v) is 11.3. The van der Waals surface area contributed by atoms with Crippen molar-refractivity contribution in [3.8, 4) is 0 Å². The summed E-state index contributed by atoms with van der Waals surface area (Å²) in [6, 6.07) is 7.20. The first-order valence-electron chi connectivity index (χ1n) is 6.72. The van der Waals surface area contributed by atoms with E-state index in [9.17, 15) is 9.59 Å². The van der Waals surface area contributed by atoms with Gasteiger partial charge in [0.25, 0.3) is 0 Å². The van der Waals surface area contributed by atoms with Crippen molar-refractivity contribution >= 4 is 17.7 Å². The van der Waals surface area contributed by atoms with E-state index in [1.165, 1.54) is 0 Å².